The standard InChI is InChI=1S/C26H30F6N4O3/c1-15(17-4-3-5-18(22(17)27)23(28)29)33-24(38)19-13-36(25(26(30,31)32)8-11-39-14-25)21(37)12-20(19)34-16-6-9-35(2)10-7-16/h3-5,12-13,15-16,23,34H,6-11,14H2,1-2H3,(H,33,38)/t15-,25-/m1/s1. The van der Waals surface area contributed by atoms with Gasteiger partial charge < -0.3 is 20.3 Å². The molecule has 2 atom stereocenters. The zero-order valence-electron chi connectivity index (χ0n) is 21.5. The van der Waals surface area contributed by atoms with Gasteiger partial charge in [0, 0.05) is 36.9 Å². The smallest absolute Gasteiger partial charge is 0.381 e. The average Bonchev–Trinajstić information content (AvgIpc) is 3.37. The molecule has 1 aromatic carbocycles. The summed E-state index contributed by atoms with van der Waals surface area (Å²) in [5.74, 6) is -2.08. The van der Waals surface area contributed by atoms with Crippen LogP contribution in [-0.4, -0.2) is 60.9 Å². The van der Waals surface area contributed by atoms with E-state index >= 15 is 0 Å². The molecule has 0 unspecified atom stereocenters. The first-order valence-electron chi connectivity index (χ1n) is 12.6. The Morgan fingerprint density at radius 3 is 2.44 bits per heavy atom. The Balaban J connectivity index is 1.73. The summed E-state index contributed by atoms with van der Waals surface area (Å²) in [6, 6.07) is 3.09. The van der Waals surface area contributed by atoms with Gasteiger partial charge in [0.25, 0.3) is 17.9 Å². The van der Waals surface area contributed by atoms with Crippen molar-refractivity contribution < 1.29 is 35.9 Å². The summed E-state index contributed by atoms with van der Waals surface area (Å²) >= 11 is 0. The summed E-state index contributed by atoms with van der Waals surface area (Å²) in [5, 5.41) is 5.62. The van der Waals surface area contributed by atoms with Crippen molar-refractivity contribution >= 4 is 11.6 Å². The lowest BCUT2D eigenvalue weighted by atomic mass is 9.96. The summed E-state index contributed by atoms with van der Waals surface area (Å²) in [4.78, 5) is 28.6. The second-order valence-corrected chi connectivity index (χ2v) is 10.1. The summed E-state index contributed by atoms with van der Waals surface area (Å²) < 4.78 is 89.3. The first kappa shape index (κ1) is 28.9. The largest absolute Gasteiger partial charge is 0.414 e. The number of benzene rings is 1. The fraction of sp³-hybridized carbons (Fsp3) is 0.538. The number of hydrogen-bond acceptors (Lipinski definition) is 5. The first-order chi connectivity index (χ1) is 18.3. The van der Waals surface area contributed by atoms with Crippen LogP contribution in [0.3, 0.4) is 0 Å². The van der Waals surface area contributed by atoms with Crippen molar-refractivity contribution in [3.05, 3.63) is 63.3 Å². The van der Waals surface area contributed by atoms with Gasteiger partial charge in [-0.2, -0.15) is 13.2 Å². The van der Waals surface area contributed by atoms with E-state index in [1.54, 1.807) is 0 Å². The van der Waals surface area contributed by atoms with Crippen molar-refractivity contribution in [1.82, 2.24) is 14.8 Å². The minimum Gasteiger partial charge on any atom is -0.381 e. The molecule has 13 heteroatoms. The van der Waals surface area contributed by atoms with E-state index in [1.807, 2.05) is 7.05 Å². The van der Waals surface area contributed by atoms with E-state index in [9.17, 15) is 35.9 Å². The normalized spacial score (nSPS) is 21.8. The minimum atomic E-state index is -4.85. The molecule has 0 saturated carbocycles. The van der Waals surface area contributed by atoms with Crippen LogP contribution < -0.4 is 16.2 Å². The summed E-state index contributed by atoms with van der Waals surface area (Å²) in [6.45, 7) is 1.83. The van der Waals surface area contributed by atoms with Gasteiger partial charge in [0.15, 0.2) is 5.54 Å². The van der Waals surface area contributed by atoms with Crippen molar-refractivity contribution in [2.24, 2.45) is 0 Å². The van der Waals surface area contributed by atoms with E-state index in [1.165, 1.54) is 19.1 Å². The van der Waals surface area contributed by atoms with Crippen LogP contribution in [0.2, 0.25) is 0 Å². The maximum atomic E-state index is 14.7. The average molecular weight is 561 g/mol. The molecule has 0 bridgehead atoms. The van der Waals surface area contributed by atoms with E-state index < -0.39 is 60.1 Å². The van der Waals surface area contributed by atoms with Gasteiger partial charge in [0.05, 0.1) is 29.5 Å². The highest BCUT2D eigenvalue weighted by Gasteiger charge is 2.59. The van der Waals surface area contributed by atoms with Crippen LogP contribution >= 0.6 is 0 Å². The Morgan fingerprint density at radius 2 is 1.85 bits per heavy atom. The number of alkyl halides is 5. The van der Waals surface area contributed by atoms with Gasteiger partial charge in [-0.1, -0.05) is 18.2 Å². The highest BCUT2D eigenvalue weighted by atomic mass is 19.4. The van der Waals surface area contributed by atoms with Gasteiger partial charge in [0.2, 0.25) is 0 Å². The van der Waals surface area contributed by atoms with Crippen LogP contribution in [0, 0.1) is 5.82 Å². The lowest BCUT2D eigenvalue weighted by Gasteiger charge is -2.34. The summed E-state index contributed by atoms with van der Waals surface area (Å²) in [7, 11) is 1.94. The van der Waals surface area contributed by atoms with Crippen molar-refractivity contribution in [3.8, 4) is 0 Å². The molecule has 39 heavy (non-hydrogen) atoms. The molecule has 3 heterocycles. The molecule has 0 aliphatic carbocycles. The number of piperidine rings is 1. The van der Waals surface area contributed by atoms with Gasteiger partial charge in [-0.25, -0.2) is 13.2 Å². The molecule has 7 nitrogen and oxygen atoms in total. The number of anilines is 1. The Labute approximate surface area is 221 Å². The third kappa shape index (κ3) is 5.79. The summed E-state index contributed by atoms with van der Waals surface area (Å²) in [5.41, 5.74) is -4.90. The van der Waals surface area contributed by atoms with Gasteiger partial charge in [-0.15, -0.1) is 0 Å². The number of nitrogens with one attached hydrogen (secondary N) is 2. The molecule has 2 aromatic rings. The number of carbonyl (C=O) groups excluding carboxylic acids is 1. The maximum Gasteiger partial charge on any atom is 0.414 e. The fourth-order valence-corrected chi connectivity index (χ4v) is 5.07. The van der Waals surface area contributed by atoms with Gasteiger partial charge in [-0.05, 0) is 39.9 Å². The number of hydrogen-bond donors (Lipinski definition) is 2. The SMILES string of the molecule is C[C@@H](NC(=O)c1cn([C@]2(C(F)(F)F)CCOC2)c(=O)cc1NC1CCN(C)CC1)c1cccc(C(F)F)c1F. The molecule has 0 spiro atoms. The maximum absolute atomic E-state index is 14.7. The van der Waals surface area contributed by atoms with Crippen LogP contribution in [0.25, 0.3) is 0 Å². The predicted octanol–water partition coefficient (Wildman–Crippen LogP) is 4.60. The highest BCUT2D eigenvalue weighted by Crippen LogP contribution is 2.42. The van der Waals surface area contributed by atoms with Crippen LogP contribution in [-0.2, 0) is 10.3 Å². The van der Waals surface area contributed by atoms with Crippen molar-refractivity contribution in [2.45, 2.75) is 56.4 Å². The predicted molar refractivity (Wildman–Crippen MR) is 132 cm³/mol. The van der Waals surface area contributed by atoms with Crippen LogP contribution in [0.4, 0.5) is 32.0 Å². The lowest BCUT2D eigenvalue weighted by molar-refractivity contribution is -0.214. The van der Waals surface area contributed by atoms with E-state index in [4.69, 9.17) is 4.74 Å². The molecule has 2 N–H and O–H groups in total. The minimum absolute atomic E-state index is 0.0357. The molecule has 0 radical (unpaired) electrons. The number of rotatable bonds is 7. The zero-order chi connectivity index (χ0) is 28.5. The molecule has 4 rings (SSSR count). The van der Waals surface area contributed by atoms with Crippen LogP contribution in [0.15, 0.2) is 35.3 Å². The van der Waals surface area contributed by atoms with E-state index in [-0.39, 0.29) is 29.5 Å². The zero-order valence-corrected chi connectivity index (χ0v) is 21.5. The molecule has 2 aliphatic rings. The van der Waals surface area contributed by atoms with Gasteiger partial charge >= 0.3 is 6.18 Å². The molecule has 1 amide bonds. The number of carbonyl (C=O) groups is 1. The molecule has 2 aliphatic heterocycles. The highest BCUT2D eigenvalue weighted by molar-refractivity contribution is 5.99. The molecular weight excluding hydrogens is 530 g/mol. The fourth-order valence-electron chi connectivity index (χ4n) is 5.07. The van der Waals surface area contributed by atoms with Crippen molar-refractivity contribution in [3.63, 3.8) is 0 Å². The number of likely N-dealkylation sites (tertiary alicyclic amines) is 1. The number of halogens is 6. The Morgan fingerprint density at radius 1 is 1.18 bits per heavy atom. The Kier molecular flexibility index (Phi) is 8.31. The van der Waals surface area contributed by atoms with Crippen LogP contribution in [0.5, 0.6) is 0 Å². The van der Waals surface area contributed by atoms with E-state index in [0.29, 0.717) is 17.4 Å². The summed E-state index contributed by atoms with van der Waals surface area (Å²) in [6.07, 6.45) is -6.24. The molecule has 1 aromatic heterocycles. The number of ether oxygens (including phenoxy) is 1. The first-order valence-corrected chi connectivity index (χ1v) is 12.6. The quantitative estimate of drug-likeness (QED) is 0.485. The number of pyridine rings is 1. The topological polar surface area (TPSA) is 75.6 Å². The van der Waals surface area contributed by atoms with Crippen molar-refractivity contribution in [1.29, 1.82) is 0 Å². The van der Waals surface area contributed by atoms with E-state index in [0.717, 1.165) is 31.4 Å². The van der Waals surface area contributed by atoms with Crippen molar-refractivity contribution in [2.75, 3.05) is 38.7 Å². The van der Waals surface area contributed by atoms with Gasteiger partial charge in [-0.3, -0.25) is 14.2 Å². The second kappa shape index (κ2) is 11.2. The molecule has 2 fully saturated rings. The monoisotopic (exact) mass is 560 g/mol. The van der Waals surface area contributed by atoms with Gasteiger partial charge in [0.1, 0.15) is 5.82 Å². The van der Waals surface area contributed by atoms with E-state index in [2.05, 4.69) is 15.5 Å². The number of aromatic nitrogens is 1. The lowest BCUT2D eigenvalue weighted by Crippen LogP contribution is -2.52. The Bertz CT molecular complexity index is 1250. The van der Waals surface area contributed by atoms with Crippen LogP contribution in [0.1, 0.15) is 60.1 Å². The number of nitrogens with zero attached hydrogens (tertiary/aromatic N) is 2. The molecule has 2 saturated heterocycles. The number of amides is 1. The molecular formula is C26H30F6N4O3. The third-order valence-electron chi connectivity index (χ3n) is 7.47. The molecule has 214 valence electrons. The Hall–Kier alpha value is -3.06. The third-order valence-corrected chi connectivity index (χ3v) is 7.47. The second-order valence-electron chi connectivity index (χ2n) is 10.1.